The molecule has 0 N–H and O–H groups in total. The monoisotopic (exact) mass is 1140 g/mol. The SMILES string of the molecule is CC/C=C\C/C=C\C/C=C\C/C=C\C/C=C\CCCCCC(=O)OC(COC(=O)CC/C=C\C/C=C\C/C=C\C/C=C\CC)COC(=O)CCCCCCCCCCCCCCCCCCCCCC/C=C\C/C=C\C/C=C\C/C=C\CC. The first-order chi connectivity index (χ1) is 41.0. The fraction of sp³-hybridized carbons (Fsp3) is 0.623. The second-order valence-electron chi connectivity index (χ2n) is 21.9. The van der Waals surface area contributed by atoms with E-state index in [2.05, 4.69) is 167 Å². The van der Waals surface area contributed by atoms with Crippen LogP contribution < -0.4 is 0 Å². The summed E-state index contributed by atoms with van der Waals surface area (Å²) in [4.78, 5) is 38.3. The summed E-state index contributed by atoms with van der Waals surface area (Å²) < 4.78 is 16.8. The number of unbranched alkanes of at least 4 members (excludes halogenated alkanes) is 23. The molecule has 0 saturated carbocycles. The molecule has 6 heteroatoms. The van der Waals surface area contributed by atoms with Gasteiger partial charge in [-0.1, -0.05) is 301 Å². The lowest BCUT2D eigenvalue weighted by atomic mass is 10.0. The molecule has 0 rings (SSSR count). The predicted molar refractivity (Wildman–Crippen MR) is 362 cm³/mol. The van der Waals surface area contributed by atoms with Crippen molar-refractivity contribution in [3.05, 3.63) is 158 Å². The lowest BCUT2D eigenvalue weighted by Crippen LogP contribution is -2.30. The molecule has 468 valence electrons. The summed E-state index contributed by atoms with van der Waals surface area (Å²) in [5.74, 6) is -1.03. The molecule has 0 bridgehead atoms. The minimum Gasteiger partial charge on any atom is -0.462 e. The molecule has 0 spiro atoms. The maximum Gasteiger partial charge on any atom is 0.306 e. The van der Waals surface area contributed by atoms with Gasteiger partial charge in [-0.15, -0.1) is 0 Å². The fourth-order valence-corrected chi connectivity index (χ4v) is 9.06. The van der Waals surface area contributed by atoms with Crippen LogP contribution in [-0.4, -0.2) is 37.2 Å². The van der Waals surface area contributed by atoms with Crippen LogP contribution in [0.2, 0.25) is 0 Å². The lowest BCUT2D eigenvalue weighted by Gasteiger charge is -2.18. The van der Waals surface area contributed by atoms with Crippen molar-refractivity contribution >= 4 is 17.9 Å². The van der Waals surface area contributed by atoms with Crippen LogP contribution in [0.15, 0.2) is 158 Å². The summed E-state index contributed by atoms with van der Waals surface area (Å²) in [6.45, 7) is 6.21. The third-order valence-electron chi connectivity index (χ3n) is 14.0. The zero-order valence-electron chi connectivity index (χ0n) is 53.7. The van der Waals surface area contributed by atoms with Crippen molar-refractivity contribution in [3.8, 4) is 0 Å². The second-order valence-corrected chi connectivity index (χ2v) is 21.9. The van der Waals surface area contributed by atoms with Crippen molar-refractivity contribution in [2.24, 2.45) is 0 Å². The van der Waals surface area contributed by atoms with Crippen LogP contribution in [-0.2, 0) is 28.6 Å². The Balaban J connectivity index is 4.27. The third-order valence-corrected chi connectivity index (χ3v) is 14.0. The van der Waals surface area contributed by atoms with Crippen molar-refractivity contribution < 1.29 is 28.6 Å². The van der Waals surface area contributed by atoms with Crippen molar-refractivity contribution in [1.29, 1.82) is 0 Å². The Labute approximate surface area is 511 Å². The highest BCUT2D eigenvalue weighted by molar-refractivity contribution is 5.71. The predicted octanol–water partition coefficient (Wildman–Crippen LogP) is 23.7. The summed E-state index contributed by atoms with van der Waals surface area (Å²) in [6, 6.07) is 0. The van der Waals surface area contributed by atoms with E-state index in [-0.39, 0.29) is 44.0 Å². The van der Waals surface area contributed by atoms with Crippen LogP contribution in [0, 0.1) is 0 Å². The Bertz CT molecular complexity index is 1840. The number of carbonyl (C=O) groups excluding carboxylic acids is 3. The summed E-state index contributed by atoms with van der Waals surface area (Å²) >= 11 is 0. The lowest BCUT2D eigenvalue weighted by molar-refractivity contribution is -0.166. The van der Waals surface area contributed by atoms with Gasteiger partial charge in [-0.2, -0.15) is 0 Å². The highest BCUT2D eigenvalue weighted by Crippen LogP contribution is 2.16. The molecule has 0 heterocycles. The molecule has 0 aromatic heterocycles. The smallest absolute Gasteiger partial charge is 0.306 e. The number of esters is 3. The van der Waals surface area contributed by atoms with E-state index in [0.717, 1.165) is 122 Å². The van der Waals surface area contributed by atoms with E-state index < -0.39 is 6.10 Å². The number of hydrogen-bond acceptors (Lipinski definition) is 6. The van der Waals surface area contributed by atoms with Crippen molar-refractivity contribution in [2.45, 2.75) is 297 Å². The van der Waals surface area contributed by atoms with Crippen LogP contribution in [0.25, 0.3) is 0 Å². The molecule has 0 aromatic rings. The van der Waals surface area contributed by atoms with Gasteiger partial charge in [0.1, 0.15) is 13.2 Å². The van der Waals surface area contributed by atoms with Gasteiger partial charge >= 0.3 is 17.9 Å². The molecule has 0 radical (unpaired) electrons. The molecule has 0 aliphatic heterocycles. The fourth-order valence-electron chi connectivity index (χ4n) is 9.06. The van der Waals surface area contributed by atoms with Crippen molar-refractivity contribution in [3.63, 3.8) is 0 Å². The second kappa shape index (κ2) is 69.5. The minimum absolute atomic E-state index is 0.117. The van der Waals surface area contributed by atoms with Gasteiger partial charge in [0, 0.05) is 19.3 Å². The maximum absolute atomic E-state index is 12.9. The van der Waals surface area contributed by atoms with Gasteiger partial charge in [0.25, 0.3) is 0 Å². The zero-order chi connectivity index (χ0) is 59.9. The Morgan fingerprint density at radius 2 is 0.458 bits per heavy atom. The molecule has 83 heavy (non-hydrogen) atoms. The van der Waals surface area contributed by atoms with Crippen molar-refractivity contribution in [2.75, 3.05) is 13.2 Å². The molecule has 0 aromatic carbocycles. The topological polar surface area (TPSA) is 78.9 Å². The Kier molecular flexibility index (Phi) is 65.4. The van der Waals surface area contributed by atoms with Crippen LogP contribution in [0.4, 0.5) is 0 Å². The van der Waals surface area contributed by atoms with Crippen LogP contribution in [0.3, 0.4) is 0 Å². The Morgan fingerprint density at radius 3 is 0.759 bits per heavy atom. The molecule has 6 nitrogen and oxygen atoms in total. The Morgan fingerprint density at radius 1 is 0.241 bits per heavy atom. The average Bonchev–Trinajstić information content (AvgIpc) is 3.49. The molecular weight excluding hydrogens is 1020 g/mol. The van der Waals surface area contributed by atoms with Gasteiger partial charge in [0.05, 0.1) is 0 Å². The van der Waals surface area contributed by atoms with E-state index in [1.165, 1.54) is 116 Å². The normalized spacial score (nSPS) is 13.1. The number of rotatable bonds is 60. The molecule has 0 aliphatic rings. The summed E-state index contributed by atoms with van der Waals surface area (Å²) in [7, 11) is 0. The highest BCUT2D eigenvalue weighted by atomic mass is 16.6. The van der Waals surface area contributed by atoms with E-state index >= 15 is 0 Å². The summed E-state index contributed by atoms with van der Waals surface area (Å²) in [6.07, 6.45) is 102. The largest absolute Gasteiger partial charge is 0.462 e. The molecule has 0 amide bonds. The Hall–Kier alpha value is -4.97. The third kappa shape index (κ3) is 67.7. The number of hydrogen-bond donors (Lipinski definition) is 0. The van der Waals surface area contributed by atoms with Gasteiger partial charge in [-0.05, 0) is 128 Å². The quantitative estimate of drug-likeness (QED) is 0.0261. The number of allylic oxidation sites excluding steroid dienone is 26. The van der Waals surface area contributed by atoms with Gasteiger partial charge in [0.2, 0.25) is 0 Å². The van der Waals surface area contributed by atoms with E-state index in [0.29, 0.717) is 19.3 Å². The van der Waals surface area contributed by atoms with Gasteiger partial charge in [0.15, 0.2) is 6.10 Å². The van der Waals surface area contributed by atoms with E-state index in [9.17, 15) is 14.4 Å². The first kappa shape index (κ1) is 78.0. The summed E-state index contributed by atoms with van der Waals surface area (Å²) in [5.41, 5.74) is 0. The van der Waals surface area contributed by atoms with Crippen molar-refractivity contribution in [1.82, 2.24) is 0 Å². The molecule has 0 saturated heterocycles. The molecule has 1 unspecified atom stereocenters. The van der Waals surface area contributed by atoms with Crippen LogP contribution >= 0.6 is 0 Å². The zero-order valence-corrected chi connectivity index (χ0v) is 53.7. The minimum atomic E-state index is -0.831. The number of ether oxygens (including phenoxy) is 3. The van der Waals surface area contributed by atoms with E-state index in [1.54, 1.807) is 0 Å². The molecule has 1 atom stereocenters. The van der Waals surface area contributed by atoms with Gasteiger partial charge in [-0.3, -0.25) is 14.4 Å². The highest BCUT2D eigenvalue weighted by Gasteiger charge is 2.19. The summed E-state index contributed by atoms with van der Waals surface area (Å²) in [5, 5.41) is 0. The maximum atomic E-state index is 12.9. The standard InChI is InChI=1S/C77H124O6/c1-4-7-10-13-16-19-22-25-27-29-31-32-33-34-35-36-37-38-39-40-41-42-43-44-46-47-49-52-55-58-61-64-67-70-76(79)82-73-74(72-81-75(78)69-66-63-60-57-54-51-24-21-18-15-12-9-6-3)83-77(80)71-68-65-62-59-56-53-50-48-45-30-28-26-23-20-17-14-11-8-5-2/h7-12,16-21,25-28,31-32,45,48,51,53-54,56,60,63,74H,4-6,13-15,22-24,29-30,33-44,46-47,49-50,52,55,57-59,61-62,64-73H2,1-3H3/b10-7-,11-8-,12-9-,19-16-,20-17-,21-18-,27-25-,28-26-,32-31-,48-45-,54-51-,56-53-,63-60-. The van der Waals surface area contributed by atoms with Gasteiger partial charge < -0.3 is 14.2 Å². The van der Waals surface area contributed by atoms with Crippen LogP contribution in [0.1, 0.15) is 290 Å². The molecule has 0 aliphatic carbocycles. The first-order valence-electron chi connectivity index (χ1n) is 34.0. The molecular formula is C77H124O6. The molecule has 0 fully saturated rings. The van der Waals surface area contributed by atoms with E-state index in [1.807, 2.05) is 12.2 Å². The average molecular weight is 1150 g/mol. The number of carbonyl (C=O) groups is 3. The van der Waals surface area contributed by atoms with Gasteiger partial charge in [-0.25, -0.2) is 0 Å². The van der Waals surface area contributed by atoms with Crippen LogP contribution in [0.5, 0.6) is 0 Å². The first-order valence-corrected chi connectivity index (χ1v) is 34.0. The van der Waals surface area contributed by atoms with E-state index in [4.69, 9.17) is 14.2 Å².